The lowest BCUT2D eigenvalue weighted by molar-refractivity contribution is -0.137. The standard InChI is InChI=1S/C14H26N2O2/c1-2-9-18-11-14(17)16(13-3-4-13)10-12-5-7-15-8-6-12/h12-13,15H,2-11H2,1H3. The van der Waals surface area contributed by atoms with Gasteiger partial charge in [0.25, 0.3) is 0 Å². The van der Waals surface area contributed by atoms with Crippen molar-refractivity contribution in [3.8, 4) is 0 Å². The maximum absolute atomic E-state index is 12.2. The van der Waals surface area contributed by atoms with Crippen LogP contribution in [0.4, 0.5) is 0 Å². The Labute approximate surface area is 110 Å². The van der Waals surface area contributed by atoms with Gasteiger partial charge in [-0.1, -0.05) is 6.92 Å². The maximum Gasteiger partial charge on any atom is 0.248 e. The van der Waals surface area contributed by atoms with E-state index in [4.69, 9.17) is 4.74 Å². The number of carbonyl (C=O) groups excluding carboxylic acids is 1. The normalized spacial score (nSPS) is 20.9. The fraction of sp³-hybridized carbons (Fsp3) is 0.929. The molecule has 1 aliphatic carbocycles. The highest BCUT2D eigenvalue weighted by atomic mass is 16.5. The summed E-state index contributed by atoms with van der Waals surface area (Å²) in [7, 11) is 0. The summed E-state index contributed by atoms with van der Waals surface area (Å²) in [5.41, 5.74) is 0. The Hall–Kier alpha value is -0.610. The summed E-state index contributed by atoms with van der Waals surface area (Å²) in [6, 6.07) is 0.512. The molecule has 1 aliphatic heterocycles. The molecule has 4 nitrogen and oxygen atoms in total. The van der Waals surface area contributed by atoms with E-state index in [2.05, 4.69) is 17.1 Å². The van der Waals surface area contributed by atoms with Gasteiger partial charge in [0, 0.05) is 19.2 Å². The van der Waals surface area contributed by atoms with Crippen LogP contribution in [-0.2, 0) is 9.53 Å². The molecule has 0 atom stereocenters. The molecule has 18 heavy (non-hydrogen) atoms. The van der Waals surface area contributed by atoms with E-state index in [0.29, 0.717) is 18.6 Å². The molecule has 0 radical (unpaired) electrons. The zero-order valence-electron chi connectivity index (χ0n) is 11.5. The minimum Gasteiger partial charge on any atom is -0.372 e. The Morgan fingerprint density at radius 2 is 2.00 bits per heavy atom. The highest BCUT2D eigenvalue weighted by molar-refractivity contribution is 5.78. The molecule has 0 unspecified atom stereocenters. The molecule has 104 valence electrons. The third kappa shape index (κ3) is 4.25. The summed E-state index contributed by atoms with van der Waals surface area (Å²) in [6.45, 7) is 6.18. The number of amides is 1. The molecule has 1 N–H and O–H groups in total. The predicted octanol–water partition coefficient (Wildman–Crippen LogP) is 1.40. The van der Waals surface area contributed by atoms with Gasteiger partial charge >= 0.3 is 0 Å². The Kier molecular flexibility index (Phi) is 5.45. The van der Waals surface area contributed by atoms with Gasteiger partial charge in [0.15, 0.2) is 0 Å². The number of piperidine rings is 1. The van der Waals surface area contributed by atoms with Gasteiger partial charge in [0.05, 0.1) is 0 Å². The molecular formula is C14H26N2O2. The first-order valence-electron chi connectivity index (χ1n) is 7.39. The Balaban J connectivity index is 1.77. The van der Waals surface area contributed by atoms with E-state index in [0.717, 1.165) is 26.1 Å². The van der Waals surface area contributed by atoms with Crippen molar-refractivity contribution >= 4 is 5.91 Å². The molecule has 2 fully saturated rings. The van der Waals surface area contributed by atoms with Crippen molar-refractivity contribution in [2.75, 3.05) is 32.8 Å². The van der Waals surface area contributed by atoms with Crippen LogP contribution >= 0.6 is 0 Å². The van der Waals surface area contributed by atoms with Crippen LogP contribution in [0.25, 0.3) is 0 Å². The molecule has 0 aromatic carbocycles. The average Bonchev–Trinajstić information content (AvgIpc) is 3.21. The second kappa shape index (κ2) is 7.10. The van der Waals surface area contributed by atoms with E-state index in [-0.39, 0.29) is 12.5 Å². The van der Waals surface area contributed by atoms with Crippen molar-refractivity contribution in [1.82, 2.24) is 10.2 Å². The van der Waals surface area contributed by atoms with Crippen molar-refractivity contribution in [3.63, 3.8) is 0 Å². The predicted molar refractivity (Wildman–Crippen MR) is 71.4 cm³/mol. The Morgan fingerprint density at radius 3 is 2.61 bits per heavy atom. The van der Waals surface area contributed by atoms with Crippen LogP contribution in [0.3, 0.4) is 0 Å². The van der Waals surface area contributed by atoms with Gasteiger partial charge in [-0.2, -0.15) is 0 Å². The first-order chi connectivity index (χ1) is 8.81. The van der Waals surface area contributed by atoms with Crippen LogP contribution in [0, 0.1) is 5.92 Å². The minimum absolute atomic E-state index is 0.199. The van der Waals surface area contributed by atoms with Crippen molar-refractivity contribution in [3.05, 3.63) is 0 Å². The highest BCUT2D eigenvalue weighted by Crippen LogP contribution is 2.29. The van der Waals surface area contributed by atoms with E-state index in [1.54, 1.807) is 0 Å². The second-order valence-electron chi connectivity index (χ2n) is 5.52. The molecule has 1 saturated carbocycles. The lowest BCUT2D eigenvalue weighted by Crippen LogP contribution is -2.42. The van der Waals surface area contributed by atoms with Gasteiger partial charge in [-0.15, -0.1) is 0 Å². The molecule has 0 aromatic heterocycles. The van der Waals surface area contributed by atoms with Gasteiger partial charge in [-0.25, -0.2) is 0 Å². The number of hydrogen-bond donors (Lipinski definition) is 1. The van der Waals surface area contributed by atoms with E-state index in [9.17, 15) is 4.79 Å². The minimum atomic E-state index is 0.199. The molecule has 2 aliphatic rings. The largest absolute Gasteiger partial charge is 0.372 e. The fourth-order valence-corrected chi connectivity index (χ4v) is 2.57. The van der Waals surface area contributed by atoms with E-state index in [1.165, 1.54) is 25.7 Å². The third-order valence-electron chi connectivity index (χ3n) is 3.80. The third-order valence-corrected chi connectivity index (χ3v) is 3.80. The van der Waals surface area contributed by atoms with Gasteiger partial charge in [-0.05, 0) is 51.1 Å². The lowest BCUT2D eigenvalue weighted by atomic mass is 9.97. The van der Waals surface area contributed by atoms with Crippen molar-refractivity contribution in [2.45, 2.75) is 45.1 Å². The molecule has 0 bridgehead atoms. The highest BCUT2D eigenvalue weighted by Gasteiger charge is 2.34. The summed E-state index contributed by atoms with van der Waals surface area (Å²) in [6.07, 6.45) is 5.75. The fourth-order valence-electron chi connectivity index (χ4n) is 2.57. The summed E-state index contributed by atoms with van der Waals surface area (Å²) in [5.74, 6) is 0.881. The van der Waals surface area contributed by atoms with Gasteiger partial charge in [-0.3, -0.25) is 4.79 Å². The molecule has 1 amide bonds. The topological polar surface area (TPSA) is 41.6 Å². The molecule has 0 aromatic rings. The first kappa shape index (κ1) is 13.8. The summed E-state index contributed by atoms with van der Waals surface area (Å²) >= 11 is 0. The molecule has 4 heteroatoms. The summed E-state index contributed by atoms with van der Waals surface area (Å²) in [5, 5.41) is 3.38. The van der Waals surface area contributed by atoms with E-state index >= 15 is 0 Å². The Bertz CT molecular complexity index is 261. The summed E-state index contributed by atoms with van der Waals surface area (Å²) < 4.78 is 5.39. The van der Waals surface area contributed by atoms with Crippen LogP contribution in [0.15, 0.2) is 0 Å². The van der Waals surface area contributed by atoms with Crippen molar-refractivity contribution in [1.29, 1.82) is 0 Å². The van der Waals surface area contributed by atoms with E-state index in [1.807, 2.05) is 0 Å². The zero-order chi connectivity index (χ0) is 12.8. The van der Waals surface area contributed by atoms with Crippen molar-refractivity contribution in [2.24, 2.45) is 5.92 Å². The number of carbonyl (C=O) groups is 1. The quantitative estimate of drug-likeness (QED) is 0.698. The van der Waals surface area contributed by atoms with Crippen LogP contribution in [0.5, 0.6) is 0 Å². The van der Waals surface area contributed by atoms with Gasteiger partial charge < -0.3 is 15.0 Å². The molecule has 2 rings (SSSR count). The smallest absolute Gasteiger partial charge is 0.248 e. The number of hydrogen-bond acceptors (Lipinski definition) is 3. The van der Waals surface area contributed by atoms with Crippen LogP contribution in [0.2, 0.25) is 0 Å². The molecule has 1 saturated heterocycles. The van der Waals surface area contributed by atoms with Gasteiger partial charge in [0.2, 0.25) is 5.91 Å². The number of rotatable bonds is 7. The zero-order valence-corrected chi connectivity index (χ0v) is 11.5. The number of nitrogens with one attached hydrogen (secondary N) is 1. The number of ether oxygens (including phenoxy) is 1. The Morgan fingerprint density at radius 1 is 1.28 bits per heavy atom. The average molecular weight is 254 g/mol. The van der Waals surface area contributed by atoms with Crippen molar-refractivity contribution < 1.29 is 9.53 Å². The SMILES string of the molecule is CCCOCC(=O)N(CC1CCNCC1)C1CC1. The number of nitrogens with zero attached hydrogens (tertiary/aromatic N) is 1. The van der Waals surface area contributed by atoms with Crippen LogP contribution in [-0.4, -0.2) is 49.7 Å². The van der Waals surface area contributed by atoms with E-state index < -0.39 is 0 Å². The summed E-state index contributed by atoms with van der Waals surface area (Å²) in [4.78, 5) is 14.2. The first-order valence-corrected chi connectivity index (χ1v) is 7.39. The monoisotopic (exact) mass is 254 g/mol. The maximum atomic E-state index is 12.2. The van der Waals surface area contributed by atoms with Crippen LogP contribution in [0.1, 0.15) is 39.0 Å². The van der Waals surface area contributed by atoms with Crippen LogP contribution < -0.4 is 5.32 Å². The molecule has 1 heterocycles. The lowest BCUT2D eigenvalue weighted by Gasteiger charge is -2.30. The van der Waals surface area contributed by atoms with Gasteiger partial charge in [0.1, 0.15) is 6.61 Å². The molecule has 0 spiro atoms. The molecular weight excluding hydrogens is 228 g/mol. The second-order valence-corrected chi connectivity index (χ2v) is 5.52.